The summed E-state index contributed by atoms with van der Waals surface area (Å²) in [5.41, 5.74) is 3.16. The number of hydrazone groups is 1. The standard InChI is InChI=1S/C26H28Cl2IN3O5/c1-6-9-36-24-20(29)11-17(12-23(24)35-5)14-30-32-26(34)21(10-15(2)3)31-25(33)16(4)37-22-8-7-18(27)13-19(22)28/h1,7-8,11-16,21H,9-10H2,2-5H3,(H,31,33)(H,32,34)/b30-14-/t16-,21-/m0/s1. The summed E-state index contributed by atoms with van der Waals surface area (Å²) in [5.74, 6) is 2.92. The van der Waals surface area contributed by atoms with Crippen molar-refractivity contribution in [3.8, 4) is 29.6 Å². The Bertz CT molecular complexity index is 1180. The first-order chi connectivity index (χ1) is 17.5. The minimum Gasteiger partial charge on any atom is -0.493 e. The molecule has 2 amide bonds. The zero-order valence-corrected chi connectivity index (χ0v) is 24.5. The maximum Gasteiger partial charge on any atom is 0.262 e. The zero-order chi connectivity index (χ0) is 27.5. The number of ether oxygens (including phenoxy) is 3. The molecule has 11 heteroatoms. The maximum absolute atomic E-state index is 12.9. The Hall–Kier alpha value is -2.68. The van der Waals surface area contributed by atoms with E-state index in [9.17, 15) is 9.59 Å². The number of hydrogen-bond donors (Lipinski definition) is 2. The number of carbonyl (C=O) groups excluding carboxylic acids is 2. The lowest BCUT2D eigenvalue weighted by molar-refractivity contribution is -0.132. The molecule has 8 nitrogen and oxygen atoms in total. The van der Waals surface area contributed by atoms with Gasteiger partial charge >= 0.3 is 0 Å². The lowest BCUT2D eigenvalue weighted by Gasteiger charge is -2.22. The van der Waals surface area contributed by atoms with Crippen LogP contribution in [0.4, 0.5) is 0 Å². The van der Waals surface area contributed by atoms with E-state index in [0.717, 1.165) is 3.57 Å². The van der Waals surface area contributed by atoms with Gasteiger partial charge < -0.3 is 19.5 Å². The number of nitrogens with one attached hydrogen (secondary N) is 2. The fraction of sp³-hybridized carbons (Fsp3) is 0.346. The summed E-state index contributed by atoms with van der Waals surface area (Å²) in [6, 6.07) is 7.38. The van der Waals surface area contributed by atoms with Crippen LogP contribution in [0, 0.1) is 21.8 Å². The lowest BCUT2D eigenvalue weighted by atomic mass is 10.0. The smallest absolute Gasteiger partial charge is 0.262 e. The molecule has 0 bridgehead atoms. The van der Waals surface area contributed by atoms with Gasteiger partial charge in [-0.25, -0.2) is 5.43 Å². The molecule has 0 aliphatic rings. The molecule has 37 heavy (non-hydrogen) atoms. The third kappa shape index (κ3) is 9.61. The minimum absolute atomic E-state index is 0.106. The van der Waals surface area contributed by atoms with Crippen LogP contribution in [-0.4, -0.2) is 43.9 Å². The molecule has 0 heterocycles. The van der Waals surface area contributed by atoms with Crippen molar-refractivity contribution in [2.45, 2.75) is 39.3 Å². The Labute approximate surface area is 240 Å². The summed E-state index contributed by atoms with van der Waals surface area (Å²) in [5, 5.41) is 7.50. The van der Waals surface area contributed by atoms with Gasteiger partial charge in [0, 0.05) is 5.02 Å². The number of amides is 2. The topological polar surface area (TPSA) is 98.2 Å². The van der Waals surface area contributed by atoms with Crippen molar-refractivity contribution < 1.29 is 23.8 Å². The minimum atomic E-state index is -0.908. The van der Waals surface area contributed by atoms with E-state index in [4.69, 9.17) is 43.8 Å². The fourth-order valence-corrected chi connectivity index (χ4v) is 4.36. The number of terminal acetylenes is 1. The van der Waals surface area contributed by atoms with E-state index in [2.05, 4.69) is 44.4 Å². The van der Waals surface area contributed by atoms with Gasteiger partial charge in [-0.15, -0.1) is 6.42 Å². The molecule has 0 fully saturated rings. The van der Waals surface area contributed by atoms with Crippen molar-refractivity contribution in [3.63, 3.8) is 0 Å². The summed E-state index contributed by atoms with van der Waals surface area (Å²) in [7, 11) is 1.52. The summed E-state index contributed by atoms with van der Waals surface area (Å²) in [4.78, 5) is 25.6. The number of benzene rings is 2. The van der Waals surface area contributed by atoms with Gasteiger partial charge in [-0.1, -0.05) is 43.0 Å². The van der Waals surface area contributed by atoms with Gasteiger partial charge in [0.1, 0.15) is 18.4 Å². The molecule has 0 radical (unpaired) electrons. The third-order valence-corrected chi connectivity index (χ3v) is 6.18. The number of carbonyl (C=O) groups is 2. The Balaban J connectivity index is 2.07. The van der Waals surface area contributed by atoms with Crippen LogP contribution in [-0.2, 0) is 9.59 Å². The van der Waals surface area contributed by atoms with E-state index in [0.29, 0.717) is 34.3 Å². The predicted octanol–water partition coefficient (Wildman–Crippen LogP) is 5.07. The van der Waals surface area contributed by atoms with Crippen LogP contribution < -0.4 is 25.0 Å². The van der Waals surface area contributed by atoms with Crippen molar-refractivity contribution in [3.05, 3.63) is 49.5 Å². The van der Waals surface area contributed by atoms with Crippen LogP contribution in [0.1, 0.15) is 32.8 Å². The first kappa shape index (κ1) is 30.5. The molecule has 0 spiro atoms. The molecule has 2 N–H and O–H groups in total. The van der Waals surface area contributed by atoms with Crippen LogP contribution >= 0.6 is 45.8 Å². The van der Waals surface area contributed by atoms with Crippen molar-refractivity contribution in [2.75, 3.05) is 13.7 Å². The molecule has 198 valence electrons. The summed E-state index contributed by atoms with van der Waals surface area (Å²) < 4.78 is 17.3. The molecule has 2 atom stereocenters. The molecule has 0 aliphatic carbocycles. The number of rotatable bonds is 12. The summed E-state index contributed by atoms with van der Waals surface area (Å²) in [6.07, 6.45) is 6.22. The van der Waals surface area contributed by atoms with Crippen LogP contribution in [0.15, 0.2) is 35.4 Å². The van der Waals surface area contributed by atoms with Gasteiger partial charge in [-0.2, -0.15) is 5.10 Å². The molecule has 0 saturated heterocycles. The normalized spacial score (nSPS) is 12.5. The van der Waals surface area contributed by atoms with Gasteiger partial charge in [0.2, 0.25) is 0 Å². The molecule has 2 aromatic carbocycles. The van der Waals surface area contributed by atoms with Gasteiger partial charge in [0.25, 0.3) is 11.8 Å². The highest BCUT2D eigenvalue weighted by molar-refractivity contribution is 14.1. The van der Waals surface area contributed by atoms with E-state index in [1.807, 2.05) is 13.8 Å². The molecule has 0 saturated carbocycles. The SMILES string of the molecule is C#CCOc1c(I)cc(/C=N\NC(=O)[C@H](CC(C)C)NC(=O)[C@H](C)Oc2ccc(Cl)cc2Cl)cc1OC. The first-order valence-electron chi connectivity index (χ1n) is 11.2. The maximum atomic E-state index is 12.9. The van der Waals surface area contributed by atoms with Crippen LogP contribution in [0.5, 0.6) is 17.2 Å². The molecule has 2 rings (SSSR count). The second-order valence-electron chi connectivity index (χ2n) is 8.29. The average Bonchev–Trinajstić information content (AvgIpc) is 2.83. The second kappa shape index (κ2) is 14.9. The zero-order valence-electron chi connectivity index (χ0n) is 20.8. The highest BCUT2D eigenvalue weighted by Gasteiger charge is 2.25. The van der Waals surface area contributed by atoms with E-state index in [-0.39, 0.29) is 17.5 Å². The van der Waals surface area contributed by atoms with E-state index >= 15 is 0 Å². The van der Waals surface area contributed by atoms with E-state index < -0.39 is 24.0 Å². The number of hydrogen-bond acceptors (Lipinski definition) is 6. The Kier molecular flexibility index (Phi) is 12.3. The van der Waals surface area contributed by atoms with Crippen molar-refractivity contribution in [1.29, 1.82) is 0 Å². The summed E-state index contributed by atoms with van der Waals surface area (Å²) >= 11 is 14.1. The Morgan fingerprint density at radius 3 is 2.51 bits per heavy atom. The largest absolute Gasteiger partial charge is 0.493 e. The van der Waals surface area contributed by atoms with Crippen molar-refractivity contribution in [1.82, 2.24) is 10.7 Å². The number of nitrogens with zero attached hydrogens (tertiary/aromatic N) is 1. The van der Waals surface area contributed by atoms with Crippen molar-refractivity contribution >= 4 is 63.8 Å². The van der Waals surface area contributed by atoms with E-state index in [1.54, 1.807) is 31.2 Å². The van der Waals surface area contributed by atoms with Gasteiger partial charge in [-0.05, 0) is 77.7 Å². The Morgan fingerprint density at radius 2 is 1.89 bits per heavy atom. The van der Waals surface area contributed by atoms with Crippen molar-refractivity contribution in [2.24, 2.45) is 11.0 Å². The highest BCUT2D eigenvalue weighted by atomic mass is 127. The van der Waals surface area contributed by atoms with Gasteiger partial charge in [0.15, 0.2) is 17.6 Å². The quantitative estimate of drug-likeness (QED) is 0.144. The second-order valence-corrected chi connectivity index (χ2v) is 10.3. The van der Waals surface area contributed by atoms with Crippen LogP contribution in [0.3, 0.4) is 0 Å². The Morgan fingerprint density at radius 1 is 1.16 bits per heavy atom. The fourth-order valence-electron chi connectivity index (χ4n) is 3.12. The van der Waals surface area contributed by atoms with Gasteiger partial charge in [-0.3, -0.25) is 9.59 Å². The molecule has 0 aromatic heterocycles. The first-order valence-corrected chi connectivity index (χ1v) is 13.1. The van der Waals surface area contributed by atoms with E-state index in [1.165, 1.54) is 19.4 Å². The molecular formula is C26H28Cl2IN3O5. The molecule has 0 unspecified atom stereocenters. The third-order valence-electron chi connectivity index (χ3n) is 4.85. The molecular weight excluding hydrogens is 632 g/mol. The highest BCUT2D eigenvalue weighted by Crippen LogP contribution is 2.33. The molecule has 2 aromatic rings. The predicted molar refractivity (Wildman–Crippen MR) is 154 cm³/mol. The molecule has 0 aliphatic heterocycles. The average molecular weight is 660 g/mol. The lowest BCUT2D eigenvalue weighted by Crippen LogP contribution is -2.49. The van der Waals surface area contributed by atoms with Crippen LogP contribution in [0.25, 0.3) is 0 Å². The number of halogens is 3. The summed E-state index contributed by atoms with van der Waals surface area (Å²) in [6.45, 7) is 5.56. The number of methoxy groups -OCH3 is 1. The van der Waals surface area contributed by atoms with Crippen LogP contribution in [0.2, 0.25) is 10.0 Å². The van der Waals surface area contributed by atoms with Gasteiger partial charge in [0.05, 0.1) is 21.9 Å². The monoisotopic (exact) mass is 659 g/mol.